The van der Waals surface area contributed by atoms with Crippen molar-refractivity contribution in [3.63, 3.8) is 0 Å². The lowest BCUT2D eigenvalue weighted by Crippen LogP contribution is -2.37. The first kappa shape index (κ1) is 14.0. The molecule has 7 heteroatoms. The molecule has 1 heterocycles. The maximum Gasteiger partial charge on any atom is 0.255 e. The van der Waals surface area contributed by atoms with Crippen LogP contribution >= 0.6 is 23.2 Å². The molecule has 1 aromatic carbocycles. The van der Waals surface area contributed by atoms with E-state index in [1.807, 2.05) is 0 Å². The molecule has 0 unspecified atom stereocenters. The SMILES string of the molecule is Nc1cc(Cl)c(Cl)c(C(=O)N2CCCNC(=O)C2)c1. The van der Waals surface area contributed by atoms with Gasteiger partial charge in [0, 0.05) is 18.8 Å². The van der Waals surface area contributed by atoms with Crippen LogP contribution < -0.4 is 11.1 Å². The number of hydrogen-bond donors (Lipinski definition) is 2. The summed E-state index contributed by atoms with van der Waals surface area (Å²) in [5, 5.41) is 3.09. The van der Waals surface area contributed by atoms with Crippen LogP contribution in [0.2, 0.25) is 10.0 Å². The van der Waals surface area contributed by atoms with Crippen LogP contribution in [-0.4, -0.2) is 36.3 Å². The van der Waals surface area contributed by atoms with E-state index in [1.54, 1.807) is 0 Å². The van der Waals surface area contributed by atoms with Crippen molar-refractivity contribution < 1.29 is 9.59 Å². The van der Waals surface area contributed by atoms with E-state index in [9.17, 15) is 9.59 Å². The molecule has 1 saturated heterocycles. The van der Waals surface area contributed by atoms with Crippen LogP contribution in [0.1, 0.15) is 16.8 Å². The third-order valence-electron chi connectivity index (χ3n) is 2.83. The number of rotatable bonds is 1. The van der Waals surface area contributed by atoms with Gasteiger partial charge in [0.2, 0.25) is 5.91 Å². The normalized spacial score (nSPS) is 15.9. The number of nitrogen functional groups attached to an aromatic ring is 1. The second-order valence-electron chi connectivity index (χ2n) is 4.29. The summed E-state index contributed by atoms with van der Waals surface area (Å²) in [5.74, 6) is -0.520. The molecule has 0 bridgehead atoms. The molecule has 0 aliphatic carbocycles. The van der Waals surface area contributed by atoms with Crippen molar-refractivity contribution in [3.05, 3.63) is 27.7 Å². The molecular weight excluding hydrogens is 289 g/mol. The second kappa shape index (κ2) is 5.67. The van der Waals surface area contributed by atoms with Crippen LogP contribution in [0.15, 0.2) is 12.1 Å². The molecule has 3 N–H and O–H groups in total. The first-order valence-electron chi connectivity index (χ1n) is 5.79. The van der Waals surface area contributed by atoms with E-state index in [-0.39, 0.29) is 34.0 Å². The second-order valence-corrected chi connectivity index (χ2v) is 5.08. The maximum absolute atomic E-state index is 12.4. The van der Waals surface area contributed by atoms with E-state index in [2.05, 4.69) is 5.32 Å². The summed E-state index contributed by atoms with van der Waals surface area (Å²) in [4.78, 5) is 25.3. The fraction of sp³-hybridized carbons (Fsp3) is 0.333. The van der Waals surface area contributed by atoms with Crippen molar-refractivity contribution in [1.82, 2.24) is 10.2 Å². The van der Waals surface area contributed by atoms with Crippen LogP contribution in [0.3, 0.4) is 0 Å². The van der Waals surface area contributed by atoms with E-state index in [0.717, 1.165) is 0 Å². The lowest BCUT2D eigenvalue weighted by Gasteiger charge is -2.20. The van der Waals surface area contributed by atoms with Gasteiger partial charge in [-0.2, -0.15) is 0 Å². The number of nitrogens with two attached hydrogens (primary N) is 1. The Kier molecular flexibility index (Phi) is 4.17. The standard InChI is InChI=1S/C12H13Cl2N3O2/c13-9-5-7(15)4-8(11(9)14)12(19)17-3-1-2-16-10(18)6-17/h4-5H,1-3,6,15H2,(H,16,18). The van der Waals surface area contributed by atoms with Crippen LogP contribution in [0.5, 0.6) is 0 Å². The van der Waals surface area contributed by atoms with E-state index in [4.69, 9.17) is 28.9 Å². The molecule has 0 radical (unpaired) electrons. The number of amides is 2. The predicted octanol–water partition coefficient (Wildman–Crippen LogP) is 1.54. The number of halogens is 2. The molecular formula is C12H13Cl2N3O2. The zero-order chi connectivity index (χ0) is 14.0. The van der Waals surface area contributed by atoms with Crippen molar-refractivity contribution in [2.24, 2.45) is 0 Å². The highest BCUT2D eigenvalue weighted by atomic mass is 35.5. The van der Waals surface area contributed by atoms with Gasteiger partial charge in [0.15, 0.2) is 0 Å². The molecule has 0 aromatic heterocycles. The van der Waals surface area contributed by atoms with Crippen molar-refractivity contribution in [2.45, 2.75) is 6.42 Å². The van der Waals surface area contributed by atoms with Gasteiger partial charge in [-0.3, -0.25) is 9.59 Å². The summed E-state index contributed by atoms with van der Waals surface area (Å²) in [5.41, 5.74) is 6.24. The Balaban J connectivity index is 2.30. The molecule has 1 fully saturated rings. The zero-order valence-corrected chi connectivity index (χ0v) is 11.6. The largest absolute Gasteiger partial charge is 0.399 e. The highest BCUT2D eigenvalue weighted by Crippen LogP contribution is 2.29. The zero-order valence-electron chi connectivity index (χ0n) is 10.1. The smallest absolute Gasteiger partial charge is 0.255 e. The average Bonchev–Trinajstić information content (AvgIpc) is 2.57. The molecule has 1 aliphatic rings. The highest BCUT2D eigenvalue weighted by Gasteiger charge is 2.23. The van der Waals surface area contributed by atoms with Gasteiger partial charge in [-0.05, 0) is 18.6 Å². The highest BCUT2D eigenvalue weighted by molar-refractivity contribution is 6.44. The van der Waals surface area contributed by atoms with E-state index >= 15 is 0 Å². The lowest BCUT2D eigenvalue weighted by molar-refractivity contribution is -0.121. The summed E-state index contributed by atoms with van der Waals surface area (Å²) >= 11 is 11.9. The number of anilines is 1. The summed E-state index contributed by atoms with van der Waals surface area (Å²) < 4.78 is 0. The third kappa shape index (κ3) is 3.11. The van der Waals surface area contributed by atoms with Gasteiger partial charge in [-0.1, -0.05) is 23.2 Å². The summed E-state index contributed by atoms with van der Waals surface area (Å²) in [7, 11) is 0. The number of carbonyl (C=O) groups excluding carboxylic acids is 2. The van der Waals surface area contributed by atoms with Gasteiger partial charge in [0.25, 0.3) is 5.91 Å². The van der Waals surface area contributed by atoms with Crippen LogP contribution in [0.4, 0.5) is 5.69 Å². The maximum atomic E-state index is 12.4. The molecule has 5 nitrogen and oxygen atoms in total. The third-order valence-corrected chi connectivity index (χ3v) is 3.63. The number of hydrogen-bond acceptors (Lipinski definition) is 3. The minimum atomic E-state index is -0.337. The van der Waals surface area contributed by atoms with Gasteiger partial charge >= 0.3 is 0 Å². The Hall–Kier alpha value is -1.46. The van der Waals surface area contributed by atoms with E-state index in [0.29, 0.717) is 25.2 Å². The summed E-state index contributed by atoms with van der Waals surface area (Å²) in [6, 6.07) is 2.95. The molecule has 19 heavy (non-hydrogen) atoms. The number of carbonyl (C=O) groups is 2. The molecule has 0 atom stereocenters. The van der Waals surface area contributed by atoms with Crippen molar-refractivity contribution in [1.29, 1.82) is 0 Å². The Morgan fingerprint density at radius 1 is 1.37 bits per heavy atom. The number of nitrogens with one attached hydrogen (secondary N) is 1. The Bertz CT molecular complexity index is 534. The van der Waals surface area contributed by atoms with Crippen LogP contribution in [0.25, 0.3) is 0 Å². The van der Waals surface area contributed by atoms with Gasteiger partial charge in [-0.15, -0.1) is 0 Å². The van der Waals surface area contributed by atoms with Crippen LogP contribution in [0, 0.1) is 0 Å². The first-order chi connectivity index (χ1) is 8.99. The van der Waals surface area contributed by atoms with Crippen molar-refractivity contribution >= 4 is 40.7 Å². The van der Waals surface area contributed by atoms with Crippen LogP contribution in [-0.2, 0) is 4.79 Å². The molecule has 0 saturated carbocycles. The minimum Gasteiger partial charge on any atom is -0.399 e. The Morgan fingerprint density at radius 2 is 2.11 bits per heavy atom. The average molecular weight is 302 g/mol. The Labute approximate surface area is 120 Å². The molecule has 2 amide bonds. The Morgan fingerprint density at radius 3 is 2.84 bits per heavy atom. The van der Waals surface area contributed by atoms with E-state index in [1.165, 1.54) is 17.0 Å². The van der Waals surface area contributed by atoms with Crippen molar-refractivity contribution in [2.75, 3.05) is 25.4 Å². The van der Waals surface area contributed by atoms with Gasteiger partial charge in [0.1, 0.15) is 0 Å². The number of benzene rings is 1. The monoisotopic (exact) mass is 301 g/mol. The summed E-state index contributed by atoms with van der Waals surface area (Å²) in [6.07, 6.45) is 0.700. The van der Waals surface area contributed by atoms with Gasteiger partial charge in [0.05, 0.1) is 22.2 Å². The molecule has 2 rings (SSSR count). The quantitative estimate of drug-likeness (QED) is 0.773. The summed E-state index contributed by atoms with van der Waals surface area (Å²) in [6.45, 7) is 1.07. The topological polar surface area (TPSA) is 75.4 Å². The fourth-order valence-electron chi connectivity index (χ4n) is 1.92. The van der Waals surface area contributed by atoms with Gasteiger partial charge < -0.3 is 16.0 Å². The molecule has 102 valence electrons. The van der Waals surface area contributed by atoms with E-state index < -0.39 is 0 Å². The number of nitrogens with zero attached hydrogens (tertiary/aromatic N) is 1. The first-order valence-corrected chi connectivity index (χ1v) is 6.55. The minimum absolute atomic E-state index is 0.0155. The predicted molar refractivity (Wildman–Crippen MR) is 74.4 cm³/mol. The lowest BCUT2D eigenvalue weighted by atomic mass is 10.1. The fourth-order valence-corrected chi connectivity index (χ4v) is 2.33. The van der Waals surface area contributed by atoms with Crippen molar-refractivity contribution in [3.8, 4) is 0 Å². The van der Waals surface area contributed by atoms with Gasteiger partial charge in [-0.25, -0.2) is 0 Å². The molecule has 0 spiro atoms. The molecule has 1 aliphatic heterocycles. The molecule has 1 aromatic rings.